The van der Waals surface area contributed by atoms with Crippen LogP contribution in [0.15, 0.2) is 36.7 Å². The molecule has 2 aromatic heterocycles. The van der Waals surface area contributed by atoms with E-state index >= 15 is 0 Å². The predicted octanol–water partition coefficient (Wildman–Crippen LogP) is 2.00. The van der Waals surface area contributed by atoms with Gasteiger partial charge in [0.2, 0.25) is 0 Å². The van der Waals surface area contributed by atoms with Crippen LogP contribution in [-0.2, 0) is 13.5 Å². The molecule has 0 spiro atoms. The van der Waals surface area contributed by atoms with Gasteiger partial charge in [-0.05, 0) is 12.1 Å². The van der Waals surface area contributed by atoms with Gasteiger partial charge in [-0.2, -0.15) is 0 Å². The van der Waals surface area contributed by atoms with Crippen LogP contribution in [0.5, 0.6) is 0 Å². The maximum atomic E-state index is 4.65. The number of para-hydroxylation sites is 2. The van der Waals surface area contributed by atoms with Gasteiger partial charge in [-0.1, -0.05) is 12.1 Å². The average Bonchev–Trinajstić information content (AvgIpc) is 2.76. The third-order valence-corrected chi connectivity index (χ3v) is 3.20. The van der Waals surface area contributed by atoms with Crippen molar-refractivity contribution in [2.24, 2.45) is 7.05 Å². The molecule has 0 saturated heterocycles. The highest BCUT2D eigenvalue weighted by Crippen LogP contribution is 2.16. The van der Waals surface area contributed by atoms with E-state index in [1.807, 2.05) is 38.4 Å². The van der Waals surface area contributed by atoms with Crippen molar-refractivity contribution in [2.75, 3.05) is 12.4 Å². The number of nitrogens with one attached hydrogen (secondary N) is 1. The van der Waals surface area contributed by atoms with Gasteiger partial charge in [0.05, 0.1) is 16.7 Å². The van der Waals surface area contributed by atoms with Crippen LogP contribution >= 0.6 is 0 Å². The third kappa shape index (κ3) is 2.14. The van der Waals surface area contributed by atoms with Crippen molar-refractivity contribution in [2.45, 2.75) is 6.42 Å². The van der Waals surface area contributed by atoms with Crippen LogP contribution in [0.25, 0.3) is 11.0 Å². The maximum Gasteiger partial charge on any atom is 0.129 e. The van der Waals surface area contributed by atoms with Gasteiger partial charge in [0.25, 0.3) is 0 Å². The lowest BCUT2D eigenvalue weighted by Crippen LogP contribution is -2.02. The van der Waals surface area contributed by atoms with Crippen molar-refractivity contribution < 1.29 is 0 Å². The second kappa shape index (κ2) is 4.68. The fraction of sp³-hybridized carbons (Fsp3) is 0.214. The lowest BCUT2D eigenvalue weighted by Gasteiger charge is -2.04. The third-order valence-electron chi connectivity index (χ3n) is 3.20. The van der Waals surface area contributed by atoms with E-state index < -0.39 is 0 Å². The van der Waals surface area contributed by atoms with E-state index in [-0.39, 0.29) is 0 Å². The Bertz CT molecular complexity index is 717. The molecule has 1 N–H and O–H groups in total. The molecule has 0 fully saturated rings. The molecule has 3 rings (SSSR count). The Morgan fingerprint density at radius 1 is 1.21 bits per heavy atom. The topological polar surface area (TPSA) is 55.6 Å². The molecule has 0 amide bonds. The number of hydrogen-bond acceptors (Lipinski definition) is 4. The van der Waals surface area contributed by atoms with Crippen LogP contribution in [0.2, 0.25) is 0 Å². The molecule has 1 aromatic carbocycles. The summed E-state index contributed by atoms with van der Waals surface area (Å²) in [7, 11) is 3.88. The van der Waals surface area contributed by atoms with Gasteiger partial charge in [0.15, 0.2) is 0 Å². The number of aryl methyl sites for hydroxylation is 1. The number of hydrogen-bond donors (Lipinski definition) is 1. The molecule has 96 valence electrons. The van der Waals surface area contributed by atoms with Crippen LogP contribution in [0.4, 0.5) is 5.82 Å². The van der Waals surface area contributed by atoms with Crippen molar-refractivity contribution >= 4 is 16.9 Å². The second-order valence-corrected chi connectivity index (χ2v) is 4.40. The zero-order valence-corrected chi connectivity index (χ0v) is 11.0. The fourth-order valence-corrected chi connectivity index (χ4v) is 2.15. The van der Waals surface area contributed by atoms with E-state index in [4.69, 9.17) is 0 Å². The standard InChI is InChI=1S/C14H15N5/c1-15-13-7-10(16-9-17-13)8-14-18-11-5-3-4-6-12(11)19(14)2/h3-7,9H,8H2,1-2H3,(H,15,16,17). The molecule has 0 aliphatic heterocycles. The summed E-state index contributed by atoms with van der Waals surface area (Å²) < 4.78 is 2.11. The Balaban J connectivity index is 1.98. The first-order valence-electron chi connectivity index (χ1n) is 6.17. The highest BCUT2D eigenvalue weighted by atomic mass is 15.1. The molecule has 0 bridgehead atoms. The fourth-order valence-electron chi connectivity index (χ4n) is 2.15. The Hall–Kier alpha value is -2.43. The minimum atomic E-state index is 0.697. The summed E-state index contributed by atoms with van der Waals surface area (Å²) in [5, 5.41) is 3.02. The summed E-state index contributed by atoms with van der Waals surface area (Å²) in [6.07, 6.45) is 2.27. The van der Waals surface area contributed by atoms with E-state index in [0.717, 1.165) is 28.4 Å². The quantitative estimate of drug-likeness (QED) is 0.775. The highest BCUT2D eigenvalue weighted by Gasteiger charge is 2.08. The predicted molar refractivity (Wildman–Crippen MR) is 75.1 cm³/mol. The molecule has 0 unspecified atom stereocenters. The van der Waals surface area contributed by atoms with Gasteiger partial charge in [0.1, 0.15) is 18.0 Å². The van der Waals surface area contributed by atoms with E-state index in [0.29, 0.717) is 6.42 Å². The van der Waals surface area contributed by atoms with Crippen molar-refractivity contribution in [1.29, 1.82) is 0 Å². The summed E-state index contributed by atoms with van der Waals surface area (Å²) >= 11 is 0. The molecule has 0 radical (unpaired) electrons. The molecule has 0 atom stereocenters. The Labute approximate surface area is 111 Å². The molecule has 19 heavy (non-hydrogen) atoms. The molecule has 0 aliphatic carbocycles. The average molecular weight is 253 g/mol. The Morgan fingerprint density at radius 3 is 2.84 bits per heavy atom. The monoisotopic (exact) mass is 253 g/mol. The van der Waals surface area contributed by atoms with Crippen LogP contribution in [0.3, 0.4) is 0 Å². The van der Waals surface area contributed by atoms with Crippen LogP contribution in [0, 0.1) is 0 Å². The van der Waals surface area contributed by atoms with Crippen molar-refractivity contribution in [3.8, 4) is 0 Å². The minimum Gasteiger partial charge on any atom is -0.373 e. The van der Waals surface area contributed by atoms with Gasteiger partial charge in [-0.3, -0.25) is 0 Å². The van der Waals surface area contributed by atoms with Gasteiger partial charge in [0, 0.05) is 26.6 Å². The summed E-state index contributed by atoms with van der Waals surface area (Å²) in [5.41, 5.74) is 3.11. The number of imidazole rings is 1. The molecule has 0 aliphatic rings. The number of benzene rings is 1. The summed E-state index contributed by atoms with van der Waals surface area (Å²) in [5.74, 6) is 1.82. The molecule has 3 aromatic rings. The van der Waals surface area contributed by atoms with Gasteiger partial charge in [-0.15, -0.1) is 0 Å². The normalized spacial score (nSPS) is 10.8. The molecular weight excluding hydrogens is 238 g/mol. The summed E-state index contributed by atoms with van der Waals surface area (Å²) in [6.45, 7) is 0. The number of rotatable bonds is 3. The number of nitrogens with zero attached hydrogens (tertiary/aromatic N) is 4. The van der Waals surface area contributed by atoms with Crippen LogP contribution in [0.1, 0.15) is 11.5 Å². The molecule has 5 nitrogen and oxygen atoms in total. The zero-order valence-electron chi connectivity index (χ0n) is 11.0. The molecule has 5 heteroatoms. The first kappa shape index (κ1) is 11.6. The largest absolute Gasteiger partial charge is 0.373 e. The molecule has 0 saturated carbocycles. The first-order chi connectivity index (χ1) is 9.28. The van der Waals surface area contributed by atoms with Crippen LogP contribution in [-0.4, -0.2) is 26.6 Å². The molecular formula is C14H15N5. The lowest BCUT2D eigenvalue weighted by atomic mass is 10.3. The van der Waals surface area contributed by atoms with Crippen molar-refractivity contribution in [1.82, 2.24) is 19.5 Å². The Kier molecular flexibility index (Phi) is 2.87. The van der Waals surface area contributed by atoms with E-state index in [2.05, 4.69) is 30.9 Å². The number of anilines is 1. The minimum absolute atomic E-state index is 0.697. The number of fused-ring (bicyclic) bond motifs is 1. The maximum absolute atomic E-state index is 4.65. The zero-order chi connectivity index (χ0) is 13.2. The molecule has 2 heterocycles. The van der Waals surface area contributed by atoms with E-state index in [1.54, 1.807) is 6.33 Å². The van der Waals surface area contributed by atoms with Crippen molar-refractivity contribution in [3.05, 3.63) is 48.2 Å². The van der Waals surface area contributed by atoms with Crippen molar-refractivity contribution in [3.63, 3.8) is 0 Å². The Morgan fingerprint density at radius 2 is 2.05 bits per heavy atom. The lowest BCUT2D eigenvalue weighted by molar-refractivity contribution is 0.829. The highest BCUT2D eigenvalue weighted by molar-refractivity contribution is 5.75. The first-order valence-corrected chi connectivity index (χ1v) is 6.17. The van der Waals surface area contributed by atoms with Gasteiger partial charge >= 0.3 is 0 Å². The second-order valence-electron chi connectivity index (χ2n) is 4.40. The summed E-state index contributed by atoms with van der Waals surface area (Å²) in [6, 6.07) is 10.1. The van der Waals surface area contributed by atoms with Gasteiger partial charge < -0.3 is 9.88 Å². The van der Waals surface area contributed by atoms with Gasteiger partial charge in [-0.25, -0.2) is 15.0 Å². The SMILES string of the molecule is CNc1cc(Cc2nc3ccccc3n2C)ncn1. The number of aromatic nitrogens is 4. The smallest absolute Gasteiger partial charge is 0.129 e. The van der Waals surface area contributed by atoms with E-state index in [1.165, 1.54) is 0 Å². The van der Waals surface area contributed by atoms with E-state index in [9.17, 15) is 0 Å². The van der Waals surface area contributed by atoms with Crippen LogP contribution < -0.4 is 5.32 Å². The summed E-state index contributed by atoms with van der Waals surface area (Å²) in [4.78, 5) is 13.0.